The summed E-state index contributed by atoms with van der Waals surface area (Å²) < 4.78 is 18.9. The standard InChI is InChI=1S/C7H9ClO4S2/c1-11-7(9)6-5(3-4-13-6)14(8,10)12-2/h3-4,10H,1-2H3. The molecule has 0 saturated carbocycles. The molecule has 0 aliphatic carbocycles. The molecule has 1 heterocycles. The topological polar surface area (TPSA) is 55.8 Å². The highest BCUT2D eigenvalue weighted by Crippen LogP contribution is 2.59. The third-order valence-electron chi connectivity index (χ3n) is 1.49. The van der Waals surface area contributed by atoms with Gasteiger partial charge in [0.2, 0.25) is 0 Å². The molecule has 80 valence electrons. The lowest BCUT2D eigenvalue weighted by atomic mass is 10.5. The van der Waals surface area contributed by atoms with Crippen LogP contribution < -0.4 is 0 Å². The number of hydrogen-bond acceptors (Lipinski definition) is 5. The maximum Gasteiger partial charge on any atom is 0.350 e. The monoisotopic (exact) mass is 256 g/mol. The molecule has 1 aromatic rings. The number of ether oxygens (including phenoxy) is 1. The molecular formula is C7H9ClO4S2. The third-order valence-corrected chi connectivity index (χ3v) is 4.72. The lowest BCUT2D eigenvalue weighted by Crippen LogP contribution is -2.03. The quantitative estimate of drug-likeness (QED) is 0.845. The van der Waals surface area contributed by atoms with Crippen LogP contribution in [0.2, 0.25) is 0 Å². The molecule has 7 heteroatoms. The second kappa shape index (κ2) is 4.50. The van der Waals surface area contributed by atoms with E-state index < -0.39 is 15.8 Å². The molecule has 1 aromatic heterocycles. The molecule has 0 bridgehead atoms. The summed E-state index contributed by atoms with van der Waals surface area (Å²) >= 11 is 1.15. The Kier molecular flexibility index (Phi) is 3.79. The van der Waals surface area contributed by atoms with Crippen molar-refractivity contribution in [2.75, 3.05) is 14.2 Å². The number of carbonyl (C=O) groups is 1. The molecule has 1 N–H and O–H groups in total. The summed E-state index contributed by atoms with van der Waals surface area (Å²) in [5, 5.41) is 1.64. The van der Waals surface area contributed by atoms with Crippen LogP contribution >= 0.6 is 31.8 Å². The van der Waals surface area contributed by atoms with Crippen LogP contribution in [0.25, 0.3) is 0 Å². The normalized spacial score (nSPS) is 17.1. The van der Waals surface area contributed by atoms with Crippen molar-refractivity contribution in [1.29, 1.82) is 0 Å². The number of hydrogen-bond donors (Lipinski definition) is 1. The molecule has 0 aliphatic rings. The van der Waals surface area contributed by atoms with Crippen LogP contribution in [0, 0.1) is 0 Å². The average molecular weight is 257 g/mol. The van der Waals surface area contributed by atoms with Crippen molar-refractivity contribution in [3.63, 3.8) is 0 Å². The zero-order valence-corrected chi connectivity index (χ0v) is 9.91. The van der Waals surface area contributed by atoms with Gasteiger partial charge in [-0.25, -0.2) is 4.79 Å². The highest BCUT2D eigenvalue weighted by atomic mass is 35.7. The molecule has 0 radical (unpaired) electrons. The predicted octanol–water partition coefficient (Wildman–Crippen LogP) is 2.89. The largest absolute Gasteiger partial charge is 0.465 e. The second-order valence-electron chi connectivity index (χ2n) is 2.23. The summed E-state index contributed by atoms with van der Waals surface area (Å²) in [6, 6.07) is 1.54. The van der Waals surface area contributed by atoms with Crippen LogP contribution in [0.3, 0.4) is 0 Å². The van der Waals surface area contributed by atoms with E-state index in [1.165, 1.54) is 14.2 Å². The zero-order valence-electron chi connectivity index (χ0n) is 7.52. The van der Waals surface area contributed by atoms with Crippen molar-refractivity contribution >= 4 is 37.8 Å². The molecule has 0 spiro atoms. The molecule has 14 heavy (non-hydrogen) atoms. The first kappa shape index (κ1) is 11.8. The second-order valence-corrected chi connectivity index (χ2v) is 6.09. The zero-order chi connectivity index (χ0) is 10.8. The summed E-state index contributed by atoms with van der Waals surface area (Å²) in [4.78, 5) is 11.8. The Hall–Kier alpha value is -0.270. The first-order chi connectivity index (χ1) is 6.53. The lowest BCUT2D eigenvalue weighted by molar-refractivity contribution is 0.0602. The van der Waals surface area contributed by atoms with Crippen molar-refractivity contribution in [3.8, 4) is 0 Å². The Bertz CT molecular complexity index is 336. The number of rotatable bonds is 3. The van der Waals surface area contributed by atoms with Gasteiger partial charge in [-0.05, 0) is 11.4 Å². The minimum atomic E-state index is -2.86. The molecule has 0 fully saturated rings. The van der Waals surface area contributed by atoms with Crippen LogP contribution in [-0.2, 0) is 8.92 Å². The average Bonchev–Trinajstić information content (AvgIpc) is 2.65. The van der Waals surface area contributed by atoms with Crippen LogP contribution in [0.1, 0.15) is 9.67 Å². The van der Waals surface area contributed by atoms with E-state index in [1.807, 2.05) is 0 Å². The van der Waals surface area contributed by atoms with Gasteiger partial charge in [0.15, 0.2) is 0 Å². The predicted molar refractivity (Wildman–Crippen MR) is 57.0 cm³/mol. The first-order valence-electron chi connectivity index (χ1n) is 3.49. The SMILES string of the molecule is COC(=O)c1sccc1S(O)(Cl)OC. The van der Waals surface area contributed by atoms with Gasteiger partial charge in [-0.1, -0.05) is 9.80 Å². The van der Waals surface area contributed by atoms with Crippen LogP contribution in [-0.4, -0.2) is 24.7 Å². The van der Waals surface area contributed by atoms with E-state index in [2.05, 4.69) is 4.74 Å². The smallest absolute Gasteiger partial charge is 0.350 e. The molecule has 0 saturated heterocycles. The molecule has 0 aliphatic heterocycles. The van der Waals surface area contributed by atoms with Gasteiger partial charge in [-0.3, -0.25) is 8.74 Å². The Balaban J connectivity index is 3.10. The molecule has 1 atom stereocenters. The van der Waals surface area contributed by atoms with Gasteiger partial charge in [0, 0.05) is 10.7 Å². The molecule has 1 unspecified atom stereocenters. The Morgan fingerprint density at radius 3 is 2.79 bits per heavy atom. The van der Waals surface area contributed by atoms with E-state index in [4.69, 9.17) is 14.9 Å². The highest BCUT2D eigenvalue weighted by Gasteiger charge is 2.25. The number of thiophene rings is 1. The summed E-state index contributed by atoms with van der Waals surface area (Å²) in [5.41, 5.74) is 0. The summed E-state index contributed by atoms with van der Waals surface area (Å²) in [7, 11) is 5.39. The minimum Gasteiger partial charge on any atom is -0.465 e. The van der Waals surface area contributed by atoms with Crippen LogP contribution in [0.15, 0.2) is 16.3 Å². The lowest BCUT2D eigenvalue weighted by Gasteiger charge is -2.27. The van der Waals surface area contributed by atoms with E-state index in [-0.39, 0.29) is 9.77 Å². The Morgan fingerprint density at radius 2 is 2.29 bits per heavy atom. The van der Waals surface area contributed by atoms with E-state index >= 15 is 0 Å². The first-order valence-corrected chi connectivity index (χ1v) is 6.72. The van der Waals surface area contributed by atoms with Gasteiger partial charge in [-0.2, -0.15) is 0 Å². The Labute approximate surface area is 91.6 Å². The van der Waals surface area contributed by atoms with Crippen LogP contribution in [0.4, 0.5) is 0 Å². The van der Waals surface area contributed by atoms with E-state index in [9.17, 15) is 9.35 Å². The van der Waals surface area contributed by atoms with Crippen LogP contribution in [0.5, 0.6) is 0 Å². The number of esters is 1. The minimum absolute atomic E-state index is 0.266. The number of halogens is 1. The van der Waals surface area contributed by atoms with E-state index in [1.54, 1.807) is 11.4 Å². The summed E-state index contributed by atoms with van der Waals surface area (Å²) in [6.07, 6.45) is 0. The molecule has 4 nitrogen and oxygen atoms in total. The summed E-state index contributed by atoms with van der Waals surface area (Å²) in [5.74, 6) is -0.529. The van der Waals surface area contributed by atoms with E-state index in [0.29, 0.717) is 0 Å². The van der Waals surface area contributed by atoms with Crippen molar-refractivity contribution in [2.24, 2.45) is 0 Å². The van der Waals surface area contributed by atoms with Crippen molar-refractivity contribution in [2.45, 2.75) is 4.90 Å². The maximum atomic E-state index is 11.2. The number of carbonyl (C=O) groups excluding carboxylic acids is 1. The molecule has 0 amide bonds. The fraction of sp³-hybridized carbons (Fsp3) is 0.286. The fourth-order valence-corrected chi connectivity index (χ4v) is 3.35. The molecule has 1 rings (SSSR count). The fourth-order valence-electron chi connectivity index (χ4n) is 0.827. The van der Waals surface area contributed by atoms with Gasteiger partial charge in [0.25, 0.3) is 0 Å². The third kappa shape index (κ3) is 2.21. The highest BCUT2D eigenvalue weighted by molar-refractivity contribution is 8.43. The van der Waals surface area contributed by atoms with Gasteiger partial charge in [0.1, 0.15) is 9.77 Å². The summed E-state index contributed by atoms with van der Waals surface area (Å²) in [6.45, 7) is 0. The number of methoxy groups -OCH3 is 1. The van der Waals surface area contributed by atoms with Gasteiger partial charge < -0.3 is 4.74 Å². The van der Waals surface area contributed by atoms with E-state index in [0.717, 1.165) is 11.3 Å². The van der Waals surface area contributed by atoms with Crippen molar-refractivity contribution < 1.29 is 18.3 Å². The van der Waals surface area contributed by atoms with Gasteiger partial charge >= 0.3 is 5.97 Å². The van der Waals surface area contributed by atoms with Crippen molar-refractivity contribution in [1.82, 2.24) is 0 Å². The molecule has 0 aromatic carbocycles. The van der Waals surface area contributed by atoms with Gasteiger partial charge in [-0.15, -0.1) is 11.3 Å². The Morgan fingerprint density at radius 1 is 1.64 bits per heavy atom. The van der Waals surface area contributed by atoms with Gasteiger partial charge in [0.05, 0.1) is 14.2 Å². The maximum absolute atomic E-state index is 11.2. The molecular weight excluding hydrogens is 248 g/mol. The van der Waals surface area contributed by atoms with Crippen molar-refractivity contribution in [3.05, 3.63) is 16.3 Å².